The van der Waals surface area contributed by atoms with Crippen molar-refractivity contribution in [2.45, 2.75) is 40.2 Å². The van der Waals surface area contributed by atoms with Gasteiger partial charge in [0.15, 0.2) is 5.41 Å². The normalized spacial score (nSPS) is 30.8. The molecular weight excluding hydrogens is 222 g/mol. The predicted molar refractivity (Wildman–Crippen MR) is 61.8 cm³/mol. The molecule has 2 unspecified atom stereocenters. The number of esters is 1. The summed E-state index contributed by atoms with van der Waals surface area (Å²) in [5.74, 6) is -1.83. The summed E-state index contributed by atoms with van der Waals surface area (Å²) in [5, 5.41) is 9.26. The lowest BCUT2D eigenvalue weighted by Gasteiger charge is -2.24. The number of aliphatic hydroxyl groups is 1. The van der Waals surface area contributed by atoms with Crippen LogP contribution in [0.25, 0.3) is 0 Å². The summed E-state index contributed by atoms with van der Waals surface area (Å²) in [5.41, 5.74) is 2.61. The van der Waals surface area contributed by atoms with Crippen LogP contribution in [0.15, 0.2) is 0 Å². The molecule has 0 aromatic heterocycles. The van der Waals surface area contributed by atoms with Gasteiger partial charge in [0.25, 0.3) is 0 Å². The first kappa shape index (κ1) is 14.0. The largest absolute Gasteiger partial charge is 0.459 e. The van der Waals surface area contributed by atoms with E-state index in [2.05, 4.69) is 0 Å². The SMILES string of the molecule is CC(C)(C)OC(=O)C1(C(N)=O)C(CO)C1(C)C. The number of aliphatic hydroxyl groups excluding tert-OH is 1. The van der Waals surface area contributed by atoms with Crippen LogP contribution in [-0.4, -0.2) is 29.2 Å². The zero-order chi connectivity index (χ0) is 13.6. The number of amides is 1. The second kappa shape index (κ2) is 3.70. The van der Waals surface area contributed by atoms with Gasteiger partial charge in [-0.25, -0.2) is 0 Å². The predicted octanol–water partition coefficient (Wildman–Crippen LogP) is 0.448. The van der Waals surface area contributed by atoms with Crippen molar-refractivity contribution in [2.24, 2.45) is 22.5 Å². The molecule has 3 N–H and O–H groups in total. The van der Waals surface area contributed by atoms with Gasteiger partial charge in [-0.15, -0.1) is 0 Å². The Hall–Kier alpha value is -1.10. The second-order valence-corrected chi connectivity index (χ2v) is 6.13. The van der Waals surface area contributed by atoms with Gasteiger partial charge in [0, 0.05) is 12.5 Å². The Labute approximate surface area is 101 Å². The highest BCUT2D eigenvalue weighted by molar-refractivity contribution is 6.07. The van der Waals surface area contributed by atoms with E-state index in [0.717, 1.165) is 0 Å². The fourth-order valence-corrected chi connectivity index (χ4v) is 2.59. The van der Waals surface area contributed by atoms with E-state index in [0.29, 0.717) is 0 Å². The van der Waals surface area contributed by atoms with Crippen LogP contribution in [0.2, 0.25) is 0 Å². The average molecular weight is 243 g/mol. The van der Waals surface area contributed by atoms with E-state index in [-0.39, 0.29) is 6.61 Å². The van der Waals surface area contributed by atoms with E-state index in [1.54, 1.807) is 34.6 Å². The van der Waals surface area contributed by atoms with Crippen LogP contribution in [0.3, 0.4) is 0 Å². The van der Waals surface area contributed by atoms with Gasteiger partial charge < -0.3 is 15.6 Å². The number of carbonyl (C=O) groups is 2. The van der Waals surface area contributed by atoms with Gasteiger partial charge in [0.05, 0.1) is 0 Å². The Morgan fingerprint density at radius 1 is 1.35 bits per heavy atom. The van der Waals surface area contributed by atoms with E-state index in [1.165, 1.54) is 0 Å². The monoisotopic (exact) mass is 243 g/mol. The lowest BCUT2D eigenvalue weighted by Crippen LogP contribution is -2.41. The number of carbonyl (C=O) groups excluding carboxylic acids is 2. The summed E-state index contributed by atoms with van der Waals surface area (Å²) < 4.78 is 5.24. The maximum atomic E-state index is 12.1. The second-order valence-electron chi connectivity index (χ2n) is 6.13. The molecule has 2 atom stereocenters. The molecule has 1 aliphatic rings. The summed E-state index contributed by atoms with van der Waals surface area (Å²) in [6, 6.07) is 0. The highest BCUT2D eigenvalue weighted by atomic mass is 16.6. The highest BCUT2D eigenvalue weighted by Crippen LogP contribution is 2.69. The van der Waals surface area contributed by atoms with Crippen LogP contribution in [0.4, 0.5) is 0 Å². The van der Waals surface area contributed by atoms with E-state index in [9.17, 15) is 14.7 Å². The smallest absolute Gasteiger partial charge is 0.323 e. The molecule has 1 fully saturated rings. The van der Waals surface area contributed by atoms with Crippen LogP contribution in [0.1, 0.15) is 34.6 Å². The first-order chi connectivity index (χ1) is 7.51. The van der Waals surface area contributed by atoms with Crippen LogP contribution in [0.5, 0.6) is 0 Å². The minimum absolute atomic E-state index is 0.255. The van der Waals surface area contributed by atoms with Crippen molar-refractivity contribution >= 4 is 11.9 Å². The summed E-state index contributed by atoms with van der Waals surface area (Å²) in [6.45, 7) is 8.40. The van der Waals surface area contributed by atoms with E-state index in [4.69, 9.17) is 10.5 Å². The zero-order valence-corrected chi connectivity index (χ0v) is 11.0. The van der Waals surface area contributed by atoms with Gasteiger partial charge in [-0.3, -0.25) is 9.59 Å². The van der Waals surface area contributed by atoms with Gasteiger partial charge in [-0.2, -0.15) is 0 Å². The molecule has 0 aromatic rings. The Morgan fingerprint density at radius 2 is 1.82 bits per heavy atom. The van der Waals surface area contributed by atoms with E-state index in [1.807, 2.05) is 0 Å². The molecule has 0 saturated heterocycles. The molecule has 1 aliphatic carbocycles. The maximum Gasteiger partial charge on any atom is 0.323 e. The molecule has 0 radical (unpaired) electrons. The van der Waals surface area contributed by atoms with Crippen molar-refractivity contribution in [1.82, 2.24) is 0 Å². The fraction of sp³-hybridized carbons (Fsp3) is 0.833. The summed E-state index contributed by atoms with van der Waals surface area (Å²) in [4.78, 5) is 23.7. The van der Waals surface area contributed by atoms with Crippen molar-refractivity contribution in [3.05, 3.63) is 0 Å². The van der Waals surface area contributed by atoms with Crippen molar-refractivity contribution in [3.8, 4) is 0 Å². The van der Waals surface area contributed by atoms with Gasteiger partial charge in [-0.05, 0) is 26.2 Å². The standard InChI is InChI=1S/C12H21NO4/c1-10(2,3)17-9(16)12(8(13)15)7(6-14)11(12,4)5/h7,14H,6H2,1-5H3,(H2,13,15). The van der Waals surface area contributed by atoms with Gasteiger partial charge in [0.2, 0.25) is 5.91 Å². The zero-order valence-electron chi connectivity index (χ0n) is 11.0. The molecule has 1 amide bonds. The number of hydrogen-bond acceptors (Lipinski definition) is 4. The van der Waals surface area contributed by atoms with Gasteiger partial charge >= 0.3 is 5.97 Å². The van der Waals surface area contributed by atoms with Crippen molar-refractivity contribution in [3.63, 3.8) is 0 Å². The quantitative estimate of drug-likeness (QED) is 0.556. The Balaban J connectivity index is 3.06. The molecular formula is C12H21NO4. The minimum Gasteiger partial charge on any atom is -0.459 e. The molecule has 1 saturated carbocycles. The first-order valence-corrected chi connectivity index (χ1v) is 5.66. The van der Waals surface area contributed by atoms with Gasteiger partial charge in [0.1, 0.15) is 5.60 Å². The summed E-state index contributed by atoms with van der Waals surface area (Å²) >= 11 is 0. The number of hydrogen-bond donors (Lipinski definition) is 2. The third-order valence-electron chi connectivity index (χ3n) is 3.62. The summed E-state index contributed by atoms with van der Waals surface area (Å²) in [7, 11) is 0. The molecule has 17 heavy (non-hydrogen) atoms. The first-order valence-electron chi connectivity index (χ1n) is 5.66. The third-order valence-corrected chi connectivity index (χ3v) is 3.62. The van der Waals surface area contributed by atoms with Crippen LogP contribution in [-0.2, 0) is 14.3 Å². The lowest BCUT2D eigenvalue weighted by atomic mass is 9.95. The average Bonchev–Trinajstić information content (AvgIpc) is 2.59. The molecule has 0 spiro atoms. The fourth-order valence-electron chi connectivity index (χ4n) is 2.59. The number of primary amides is 1. The minimum atomic E-state index is -1.39. The lowest BCUT2D eigenvalue weighted by molar-refractivity contribution is -0.166. The number of rotatable bonds is 3. The number of ether oxygens (including phenoxy) is 1. The molecule has 98 valence electrons. The van der Waals surface area contributed by atoms with Crippen molar-refractivity contribution in [1.29, 1.82) is 0 Å². The summed E-state index contributed by atoms with van der Waals surface area (Å²) in [6.07, 6.45) is 0. The van der Waals surface area contributed by atoms with Crippen LogP contribution < -0.4 is 5.73 Å². The van der Waals surface area contributed by atoms with E-state index < -0.39 is 34.2 Å². The molecule has 0 bridgehead atoms. The Morgan fingerprint density at radius 3 is 2.06 bits per heavy atom. The molecule has 5 heteroatoms. The van der Waals surface area contributed by atoms with Crippen LogP contribution in [0, 0.1) is 16.7 Å². The highest BCUT2D eigenvalue weighted by Gasteiger charge is 2.80. The topological polar surface area (TPSA) is 89.6 Å². The molecule has 0 aromatic carbocycles. The Bertz CT molecular complexity index is 356. The third kappa shape index (κ3) is 1.82. The van der Waals surface area contributed by atoms with Crippen molar-refractivity contribution < 1.29 is 19.4 Å². The van der Waals surface area contributed by atoms with Crippen molar-refractivity contribution in [2.75, 3.05) is 6.61 Å². The molecule has 1 rings (SSSR count). The number of nitrogens with two attached hydrogens (primary N) is 1. The van der Waals surface area contributed by atoms with E-state index >= 15 is 0 Å². The molecule has 0 heterocycles. The molecule has 0 aliphatic heterocycles. The van der Waals surface area contributed by atoms with Gasteiger partial charge in [-0.1, -0.05) is 13.8 Å². The molecule has 5 nitrogen and oxygen atoms in total. The Kier molecular flexibility index (Phi) is 3.04. The van der Waals surface area contributed by atoms with Crippen LogP contribution >= 0.6 is 0 Å². The maximum absolute atomic E-state index is 12.1.